The van der Waals surface area contributed by atoms with Crippen molar-refractivity contribution in [3.8, 4) is 11.1 Å². The molecule has 0 saturated heterocycles. The molecule has 0 N–H and O–H groups in total. The van der Waals surface area contributed by atoms with Crippen molar-refractivity contribution in [2.24, 2.45) is 0 Å². The fourth-order valence-corrected chi connectivity index (χ4v) is 7.11. The number of pyridine rings is 1. The van der Waals surface area contributed by atoms with Crippen LogP contribution in [0.2, 0.25) is 10.0 Å². The standard InChI is InChI=1S/C36H25Cl2N3O2S/c1-21-33(29(42)19-12-22-6-3-2-4-7-22)44-36-40-34-31(35(43)41(21)36)30(24-13-17-27(38)18-14-24)28-9-5-8-25(32(28)39-34)20-23-10-15-26(37)16-11-23/h2-4,6-7,10-20H,5,8-9H2,1H3/b19-12+,25-20-. The van der Waals surface area contributed by atoms with E-state index < -0.39 is 0 Å². The molecule has 44 heavy (non-hydrogen) atoms. The average molecular weight is 635 g/mol. The van der Waals surface area contributed by atoms with E-state index in [1.54, 1.807) is 23.5 Å². The lowest BCUT2D eigenvalue weighted by Crippen LogP contribution is -2.19. The molecule has 0 aliphatic heterocycles. The lowest BCUT2D eigenvalue weighted by Gasteiger charge is -2.23. The summed E-state index contributed by atoms with van der Waals surface area (Å²) in [6.07, 6.45) is 7.99. The van der Waals surface area contributed by atoms with Gasteiger partial charge in [0, 0.05) is 21.3 Å². The van der Waals surface area contributed by atoms with E-state index in [-0.39, 0.29) is 11.3 Å². The molecule has 3 aromatic heterocycles. The number of aromatic nitrogens is 3. The Morgan fingerprint density at radius 2 is 1.59 bits per heavy atom. The minimum absolute atomic E-state index is 0.177. The van der Waals surface area contributed by atoms with Crippen molar-refractivity contribution in [1.29, 1.82) is 0 Å². The molecule has 0 unspecified atom stereocenters. The minimum atomic E-state index is -0.237. The molecule has 7 rings (SSSR count). The van der Waals surface area contributed by atoms with E-state index in [4.69, 9.17) is 33.2 Å². The van der Waals surface area contributed by atoms with E-state index in [0.29, 0.717) is 36.6 Å². The summed E-state index contributed by atoms with van der Waals surface area (Å²) >= 11 is 13.6. The van der Waals surface area contributed by atoms with Gasteiger partial charge >= 0.3 is 0 Å². The Morgan fingerprint density at radius 3 is 2.32 bits per heavy atom. The van der Waals surface area contributed by atoms with E-state index >= 15 is 0 Å². The summed E-state index contributed by atoms with van der Waals surface area (Å²) in [6.45, 7) is 1.79. The van der Waals surface area contributed by atoms with E-state index in [1.165, 1.54) is 11.3 Å². The lowest BCUT2D eigenvalue weighted by molar-refractivity contribution is 0.105. The maximum Gasteiger partial charge on any atom is 0.268 e. The highest BCUT2D eigenvalue weighted by Gasteiger charge is 2.27. The number of carbonyl (C=O) groups is 1. The van der Waals surface area contributed by atoms with Crippen molar-refractivity contribution in [3.05, 3.63) is 138 Å². The highest BCUT2D eigenvalue weighted by Crippen LogP contribution is 2.40. The molecule has 0 saturated carbocycles. The smallest absolute Gasteiger partial charge is 0.268 e. The first-order chi connectivity index (χ1) is 21.4. The van der Waals surface area contributed by atoms with Crippen LogP contribution in [-0.2, 0) is 6.42 Å². The maximum atomic E-state index is 14.4. The Kier molecular flexibility index (Phi) is 7.50. The van der Waals surface area contributed by atoms with Gasteiger partial charge in [-0.05, 0) is 90.4 Å². The highest BCUT2D eigenvalue weighted by atomic mass is 35.5. The number of fused-ring (bicyclic) bond motifs is 3. The van der Waals surface area contributed by atoms with Gasteiger partial charge in [0.25, 0.3) is 5.56 Å². The first-order valence-corrected chi connectivity index (χ1v) is 15.8. The second kappa shape index (κ2) is 11.6. The van der Waals surface area contributed by atoms with Crippen molar-refractivity contribution < 1.29 is 4.79 Å². The first-order valence-electron chi connectivity index (χ1n) is 14.3. The molecule has 0 amide bonds. The average Bonchev–Trinajstić information content (AvgIpc) is 3.37. The second-order valence-electron chi connectivity index (χ2n) is 10.8. The molecule has 5 nitrogen and oxygen atoms in total. The zero-order valence-electron chi connectivity index (χ0n) is 23.7. The predicted octanol–water partition coefficient (Wildman–Crippen LogP) is 9.36. The molecule has 0 atom stereocenters. The van der Waals surface area contributed by atoms with Gasteiger partial charge < -0.3 is 0 Å². The number of rotatable bonds is 5. The van der Waals surface area contributed by atoms with Gasteiger partial charge in [-0.15, -0.1) is 0 Å². The molecule has 0 spiro atoms. The Labute approximate surface area is 267 Å². The molecule has 1 aliphatic rings. The van der Waals surface area contributed by atoms with Crippen LogP contribution in [0.1, 0.15) is 50.6 Å². The van der Waals surface area contributed by atoms with Crippen LogP contribution < -0.4 is 5.56 Å². The molecular weight excluding hydrogens is 609 g/mol. The van der Waals surface area contributed by atoms with Crippen LogP contribution in [0.5, 0.6) is 0 Å². The predicted molar refractivity (Wildman–Crippen MR) is 182 cm³/mol. The molecule has 3 heterocycles. The van der Waals surface area contributed by atoms with E-state index in [0.717, 1.165) is 58.3 Å². The zero-order chi connectivity index (χ0) is 30.4. The molecule has 1 aliphatic carbocycles. The quantitative estimate of drug-likeness (QED) is 0.140. The summed E-state index contributed by atoms with van der Waals surface area (Å²) in [5, 5.41) is 1.73. The third-order valence-corrected chi connectivity index (χ3v) is 9.58. The Hall–Kier alpha value is -4.36. The number of allylic oxidation sites excluding steroid dienone is 2. The van der Waals surface area contributed by atoms with Gasteiger partial charge in [-0.25, -0.2) is 4.98 Å². The third-order valence-electron chi connectivity index (χ3n) is 7.92. The number of halogens is 2. The first kappa shape index (κ1) is 28.4. The Balaban J connectivity index is 1.46. The topological polar surface area (TPSA) is 64.3 Å². The third kappa shape index (κ3) is 5.19. The monoisotopic (exact) mass is 633 g/mol. The normalized spacial score (nSPS) is 14.1. The molecule has 8 heteroatoms. The van der Waals surface area contributed by atoms with Crippen LogP contribution >= 0.6 is 34.5 Å². The van der Waals surface area contributed by atoms with Crippen molar-refractivity contribution in [2.45, 2.75) is 26.2 Å². The van der Waals surface area contributed by atoms with Gasteiger partial charge in [0.05, 0.1) is 16.0 Å². The molecule has 0 radical (unpaired) electrons. The van der Waals surface area contributed by atoms with Crippen molar-refractivity contribution in [3.63, 3.8) is 0 Å². The van der Waals surface area contributed by atoms with E-state index in [1.807, 2.05) is 78.9 Å². The number of thiazole rings is 1. The number of hydrogen-bond donors (Lipinski definition) is 0. The number of nitrogens with zero attached hydrogens (tertiary/aromatic N) is 3. The summed E-state index contributed by atoms with van der Waals surface area (Å²) < 4.78 is 1.55. The van der Waals surface area contributed by atoms with Crippen LogP contribution in [0, 0.1) is 6.92 Å². The molecule has 0 bridgehead atoms. The second-order valence-corrected chi connectivity index (χ2v) is 12.6. The van der Waals surface area contributed by atoms with Crippen LogP contribution in [0.3, 0.4) is 0 Å². The number of benzene rings is 3. The van der Waals surface area contributed by atoms with Crippen molar-refractivity contribution in [1.82, 2.24) is 14.4 Å². The number of aryl methyl sites for hydroxylation is 1. The fraction of sp³-hybridized carbons (Fsp3) is 0.111. The minimum Gasteiger partial charge on any atom is -0.288 e. The van der Waals surface area contributed by atoms with Crippen LogP contribution in [0.15, 0.2) is 89.7 Å². The van der Waals surface area contributed by atoms with E-state index in [2.05, 4.69) is 6.08 Å². The molecule has 216 valence electrons. The summed E-state index contributed by atoms with van der Waals surface area (Å²) in [6, 6.07) is 24.9. The number of ketones is 1. The molecule has 6 aromatic rings. The van der Waals surface area contributed by atoms with Gasteiger partial charge in [0.15, 0.2) is 16.4 Å². The fourth-order valence-electron chi connectivity index (χ4n) is 5.82. The van der Waals surface area contributed by atoms with Crippen LogP contribution in [-0.4, -0.2) is 20.2 Å². The molecule has 3 aromatic carbocycles. The Bertz CT molecular complexity index is 2200. The van der Waals surface area contributed by atoms with Gasteiger partial charge in [-0.2, -0.15) is 4.98 Å². The highest BCUT2D eigenvalue weighted by molar-refractivity contribution is 7.19. The lowest BCUT2D eigenvalue weighted by atomic mass is 9.84. The van der Waals surface area contributed by atoms with Crippen molar-refractivity contribution in [2.75, 3.05) is 0 Å². The summed E-state index contributed by atoms with van der Waals surface area (Å²) in [4.78, 5) is 38.6. The van der Waals surface area contributed by atoms with Gasteiger partial charge in [-0.1, -0.05) is 95.2 Å². The van der Waals surface area contributed by atoms with Crippen molar-refractivity contribution >= 4 is 74.0 Å². The SMILES string of the molecule is Cc1c(C(=O)/C=C/c2ccccc2)sc2nc3nc4c(c(-c5ccc(Cl)cc5)c3c(=O)n12)CCC/C4=C/c1ccc(Cl)cc1. The van der Waals surface area contributed by atoms with Gasteiger partial charge in [-0.3, -0.25) is 14.0 Å². The molecular formula is C36H25Cl2N3O2S. The maximum absolute atomic E-state index is 14.4. The van der Waals surface area contributed by atoms with Crippen LogP contribution in [0.4, 0.5) is 0 Å². The largest absolute Gasteiger partial charge is 0.288 e. The van der Waals surface area contributed by atoms with Gasteiger partial charge in [0.1, 0.15) is 0 Å². The van der Waals surface area contributed by atoms with Crippen LogP contribution in [0.25, 0.3) is 44.8 Å². The summed E-state index contributed by atoms with van der Waals surface area (Å²) in [7, 11) is 0. The summed E-state index contributed by atoms with van der Waals surface area (Å²) in [5.74, 6) is -0.177. The van der Waals surface area contributed by atoms with Gasteiger partial charge in [0.2, 0.25) is 0 Å². The number of hydrogen-bond acceptors (Lipinski definition) is 5. The Morgan fingerprint density at radius 1 is 0.886 bits per heavy atom. The molecule has 0 fully saturated rings. The number of carbonyl (C=O) groups excluding carboxylic acids is 1. The zero-order valence-corrected chi connectivity index (χ0v) is 26.0. The van der Waals surface area contributed by atoms with E-state index in [9.17, 15) is 9.59 Å². The summed E-state index contributed by atoms with van der Waals surface area (Å²) in [5.41, 5.74) is 7.27.